The summed E-state index contributed by atoms with van der Waals surface area (Å²) in [5.74, 6) is 0.172. The van der Waals surface area contributed by atoms with Crippen LogP contribution in [0.2, 0.25) is 0 Å². The van der Waals surface area contributed by atoms with Gasteiger partial charge in [-0.25, -0.2) is 15.0 Å². The molecule has 30 heavy (non-hydrogen) atoms. The number of aryl methyl sites for hydroxylation is 1. The monoisotopic (exact) mass is 405 g/mol. The number of phenols is 4. The topological polar surface area (TPSA) is 137 Å². The first-order chi connectivity index (χ1) is 14.3. The van der Waals surface area contributed by atoms with Gasteiger partial charge in [-0.1, -0.05) is 0 Å². The standard InChI is InChI=1S/C21H19N5O4/c1-10-15(27)6-4-12(17(10)29)19-23-20(13-5-7-16(28)11(2)18(13)30)25-21(24-19)14-8-9-22-26(14)3/h4-9,27-30H,1-3H3. The highest BCUT2D eigenvalue weighted by atomic mass is 16.3. The molecular formula is C21H19N5O4. The molecule has 4 rings (SSSR count). The second kappa shape index (κ2) is 7.03. The van der Waals surface area contributed by atoms with Crippen LogP contribution < -0.4 is 0 Å². The minimum Gasteiger partial charge on any atom is -0.508 e. The molecule has 0 amide bonds. The summed E-state index contributed by atoms with van der Waals surface area (Å²) in [6.07, 6.45) is 1.60. The van der Waals surface area contributed by atoms with E-state index in [2.05, 4.69) is 20.1 Å². The number of rotatable bonds is 3. The van der Waals surface area contributed by atoms with E-state index < -0.39 is 0 Å². The fourth-order valence-corrected chi connectivity index (χ4v) is 3.06. The Labute approximate surface area is 171 Å². The molecule has 0 unspecified atom stereocenters. The van der Waals surface area contributed by atoms with Gasteiger partial charge >= 0.3 is 0 Å². The lowest BCUT2D eigenvalue weighted by atomic mass is 10.1. The van der Waals surface area contributed by atoms with E-state index in [4.69, 9.17) is 0 Å². The highest BCUT2D eigenvalue weighted by Gasteiger charge is 2.20. The Kier molecular flexibility index (Phi) is 4.50. The van der Waals surface area contributed by atoms with Gasteiger partial charge in [-0.15, -0.1) is 0 Å². The molecule has 2 aromatic carbocycles. The Morgan fingerprint density at radius 2 is 1.13 bits per heavy atom. The van der Waals surface area contributed by atoms with Gasteiger partial charge in [0.15, 0.2) is 17.5 Å². The highest BCUT2D eigenvalue weighted by Crippen LogP contribution is 2.38. The summed E-state index contributed by atoms with van der Waals surface area (Å²) < 4.78 is 1.59. The van der Waals surface area contributed by atoms with Crippen molar-refractivity contribution in [3.63, 3.8) is 0 Å². The maximum Gasteiger partial charge on any atom is 0.182 e. The van der Waals surface area contributed by atoms with Gasteiger partial charge in [-0.2, -0.15) is 5.10 Å². The third-order valence-corrected chi connectivity index (χ3v) is 4.97. The molecule has 9 heteroatoms. The van der Waals surface area contributed by atoms with Gasteiger partial charge < -0.3 is 20.4 Å². The maximum atomic E-state index is 10.5. The fourth-order valence-electron chi connectivity index (χ4n) is 3.06. The number of hydrogen-bond donors (Lipinski definition) is 4. The smallest absolute Gasteiger partial charge is 0.182 e. The van der Waals surface area contributed by atoms with Gasteiger partial charge in [0.05, 0.1) is 11.1 Å². The van der Waals surface area contributed by atoms with E-state index >= 15 is 0 Å². The van der Waals surface area contributed by atoms with Crippen molar-refractivity contribution >= 4 is 0 Å². The Bertz CT molecular complexity index is 1210. The minimum absolute atomic E-state index is 0.0517. The van der Waals surface area contributed by atoms with E-state index in [1.54, 1.807) is 37.8 Å². The molecule has 0 atom stereocenters. The second-order valence-electron chi connectivity index (χ2n) is 6.86. The molecule has 152 valence electrons. The van der Waals surface area contributed by atoms with Crippen LogP contribution in [0.4, 0.5) is 0 Å². The van der Waals surface area contributed by atoms with Crippen molar-refractivity contribution in [2.75, 3.05) is 0 Å². The summed E-state index contributed by atoms with van der Waals surface area (Å²) in [4.78, 5) is 13.4. The molecule has 0 fully saturated rings. The summed E-state index contributed by atoms with van der Waals surface area (Å²) in [7, 11) is 1.74. The average Bonchev–Trinajstić information content (AvgIpc) is 3.16. The molecule has 9 nitrogen and oxygen atoms in total. The molecule has 0 aliphatic carbocycles. The minimum atomic E-state index is -0.158. The van der Waals surface area contributed by atoms with Crippen molar-refractivity contribution in [3.05, 3.63) is 47.7 Å². The molecule has 0 bridgehead atoms. The molecule has 0 aliphatic heterocycles. The molecule has 0 saturated carbocycles. The largest absolute Gasteiger partial charge is 0.508 e. The number of aromatic hydroxyl groups is 4. The van der Waals surface area contributed by atoms with Crippen LogP contribution in [0.1, 0.15) is 11.1 Å². The number of phenolic OH excluding ortho intramolecular Hbond substituents is 4. The summed E-state index contributed by atoms with van der Waals surface area (Å²) in [5.41, 5.74) is 1.78. The highest BCUT2D eigenvalue weighted by molar-refractivity contribution is 5.74. The molecule has 0 spiro atoms. The van der Waals surface area contributed by atoms with Crippen LogP contribution in [0, 0.1) is 13.8 Å². The normalized spacial score (nSPS) is 11.0. The van der Waals surface area contributed by atoms with E-state index in [1.165, 1.54) is 24.3 Å². The van der Waals surface area contributed by atoms with Crippen molar-refractivity contribution in [3.8, 4) is 57.3 Å². The molecule has 2 heterocycles. The Morgan fingerprint density at radius 3 is 1.57 bits per heavy atom. The van der Waals surface area contributed by atoms with E-state index in [1.807, 2.05) is 0 Å². The van der Waals surface area contributed by atoms with Gasteiger partial charge in [-0.3, -0.25) is 4.68 Å². The first-order valence-electron chi connectivity index (χ1n) is 9.06. The van der Waals surface area contributed by atoms with Crippen molar-refractivity contribution in [2.45, 2.75) is 13.8 Å². The predicted molar refractivity (Wildman–Crippen MR) is 109 cm³/mol. The molecule has 2 aromatic heterocycles. The second-order valence-corrected chi connectivity index (χ2v) is 6.86. The quantitative estimate of drug-likeness (QED) is 0.408. The van der Waals surface area contributed by atoms with Crippen LogP contribution in [0.25, 0.3) is 34.3 Å². The van der Waals surface area contributed by atoms with E-state index in [0.29, 0.717) is 27.9 Å². The number of aromatic nitrogens is 5. The zero-order valence-electron chi connectivity index (χ0n) is 16.5. The van der Waals surface area contributed by atoms with Crippen LogP contribution in [0.5, 0.6) is 23.0 Å². The maximum absolute atomic E-state index is 10.5. The third kappa shape index (κ3) is 3.06. The first-order valence-corrected chi connectivity index (χ1v) is 9.06. The lowest BCUT2D eigenvalue weighted by molar-refractivity contribution is 0.443. The zero-order chi connectivity index (χ0) is 21.6. The van der Waals surface area contributed by atoms with Crippen LogP contribution in [0.15, 0.2) is 36.5 Å². The number of benzene rings is 2. The molecule has 0 aliphatic rings. The Morgan fingerprint density at radius 1 is 0.667 bits per heavy atom. The van der Waals surface area contributed by atoms with E-state index in [-0.39, 0.29) is 40.5 Å². The van der Waals surface area contributed by atoms with Crippen molar-refractivity contribution in [2.24, 2.45) is 7.05 Å². The van der Waals surface area contributed by atoms with Crippen LogP contribution >= 0.6 is 0 Å². The van der Waals surface area contributed by atoms with Gasteiger partial charge in [0.2, 0.25) is 0 Å². The van der Waals surface area contributed by atoms with Crippen molar-refractivity contribution < 1.29 is 20.4 Å². The summed E-state index contributed by atoms with van der Waals surface area (Å²) in [6, 6.07) is 7.63. The van der Waals surface area contributed by atoms with Crippen molar-refractivity contribution in [1.29, 1.82) is 0 Å². The fraction of sp³-hybridized carbons (Fsp3) is 0.143. The lowest BCUT2D eigenvalue weighted by Crippen LogP contribution is -2.04. The molecule has 4 aromatic rings. The Hall–Kier alpha value is -4.14. The number of hydrogen-bond acceptors (Lipinski definition) is 8. The molecule has 0 saturated heterocycles. The van der Waals surface area contributed by atoms with Crippen LogP contribution in [-0.2, 0) is 7.05 Å². The van der Waals surface area contributed by atoms with Crippen LogP contribution in [-0.4, -0.2) is 45.2 Å². The summed E-state index contributed by atoms with van der Waals surface area (Å²) in [6.45, 7) is 3.15. The van der Waals surface area contributed by atoms with Gasteiger partial charge in [0.1, 0.15) is 28.7 Å². The molecular weight excluding hydrogens is 386 g/mol. The van der Waals surface area contributed by atoms with Gasteiger partial charge in [0.25, 0.3) is 0 Å². The molecule has 4 N–H and O–H groups in total. The van der Waals surface area contributed by atoms with Gasteiger partial charge in [-0.05, 0) is 44.2 Å². The molecule has 0 radical (unpaired) electrons. The summed E-state index contributed by atoms with van der Waals surface area (Å²) in [5, 5.41) is 44.9. The SMILES string of the molecule is Cc1c(O)ccc(-c2nc(-c3ccc(O)c(C)c3O)nc(-c3ccnn3C)n2)c1O. The first kappa shape index (κ1) is 19.2. The van der Waals surface area contributed by atoms with Gasteiger partial charge in [0, 0.05) is 24.4 Å². The summed E-state index contributed by atoms with van der Waals surface area (Å²) >= 11 is 0. The number of nitrogens with zero attached hydrogens (tertiary/aromatic N) is 5. The van der Waals surface area contributed by atoms with Crippen molar-refractivity contribution in [1.82, 2.24) is 24.7 Å². The lowest BCUT2D eigenvalue weighted by Gasteiger charge is -2.12. The zero-order valence-corrected chi connectivity index (χ0v) is 16.5. The van der Waals surface area contributed by atoms with Crippen LogP contribution in [0.3, 0.4) is 0 Å². The predicted octanol–water partition coefficient (Wildman–Crippen LogP) is 3.05. The van der Waals surface area contributed by atoms with E-state index in [9.17, 15) is 20.4 Å². The third-order valence-electron chi connectivity index (χ3n) is 4.97. The average molecular weight is 405 g/mol. The van der Waals surface area contributed by atoms with E-state index in [0.717, 1.165) is 0 Å². The Balaban J connectivity index is 2.01.